The number of alkyl halides is 3. The van der Waals surface area contributed by atoms with Crippen molar-refractivity contribution in [1.82, 2.24) is 15.0 Å². The Morgan fingerprint density at radius 1 is 1.15 bits per heavy atom. The Morgan fingerprint density at radius 3 is 2.73 bits per heavy atom. The molecule has 0 saturated heterocycles. The summed E-state index contributed by atoms with van der Waals surface area (Å²) in [5.74, 6) is 1.36. The molecule has 0 radical (unpaired) electrons. The van der Waals surface area contributed by atoms with Crippen LogP contribution in [0.25, 0.3) is 10.9 Å². The lowest BCUT2D eigenvalue weighted by Gasteiger charge is -2.30. The first-order chi connectivity index (χ1) is 12.3. The lowest BCUT2D eigenvalue weighted by molar-refractivity contribution is -0.137. The molecule has 0 fully saturated rings. The third kappa shape index (κ3) is 3.13. The molecule has 1 aromatic carbocycles. The summed E-state index contributed by atoms with van der Waals surface area (Å²) in [7, 11) is 0. The van der Waals surface area contributed by atoms with Gasteiger partial charge in [0.15, 0.2) is 0 Å². The Balaban J connectivity index is 1.76. The minimum atomic E-state index is -4.39. The maximum absolute atomic E-state index is 13.0. The third-order valence-corrected chi connectivity index (χ3v) is 4.91. The van der Waals surface area contributed by atoms with E-state index in [4.69, 9.17) is 0 Å². The van der Waals surface area contributed by atoms with Crippen LogP contribution in [0.3, 0.4) is 0 Å². The number of fused-ring (bicyclic) bond motifs is 2. The molecule has 2 aromatic heterocycles. The van der Waals surface area contributed by atoms with Gasteiger partial charge in [0.2, 0.25) is 0 Å². The maximum atomic E-state index is 13.0. The Kier molecular flexibility index (Phi) is 4.10. The van der Waals surface area contributed by atoms with Crippen LogP contribution in [-0.4, -0.2) is 21.5 Å². The van der Waals surface area contributed by atoms with E-state index in [9.17, 15) is 13.2 Å². The van der Waals surface area contributed by atoms with Crippen LogP contribution in [0.5, 0.6) is 0 Å². The molecule has 26 heavy (non-hydrogen) atoms. The summed E-state index contributed by atoms with van der Waals surface area (Å²) in [6.45, 7) is 2.80. The molecule has 0 unspecified atom stereocenters. The molecular weight excluding hydrogens is 409 g/mol. The molecule has 0 bridgehead atoms. The van der Waals surface area contributed by atoms with Gasteiger partial charge >= 0.3 is 6.18 Å². The number of anilines is 1. The van der Waals surface area contributed by atoms with Gasteiger partial charge in [0.1, 0.15) is 11.6 Å². The average Bonchev–Trinajstić information content (AvgIpc) is 2.59. The molecule has 134 valence electrons. The Morgan fingerprint density at radius 2 is 1.96 bits per heavy atom. The summed E-state index contributed by atoms with van der Waals surface area (Å²) in [5, 5.41) is 0.877. The first-order valence-corrected chi connectivity index (χ1v) is 8.84. The summed E-state index contributed by atoms with van der Waals surface area (Å²) in [6.07, 6.45) is -2.90. The van der Waals surface area contributed by atoms with Crippen molar-refractivity contribution < 1.29 is 13.2 Å². The predicted octanol–water partition coefficient (Wildman–Crippen LogP) is 4.68. The van der Waals surface area contributed by atoms with Crippen LogP contribution < -0.4 is 4.90 Å². The number of nitrogens with zero attached hydrogens (tertiary/aromatic N) is 4. The number of hydrogen-bond acceptors (Lipinski definition) is 4. The van der Waals surface area contributed by atoms with Gasteiger partial charge in [0.05, 0.1) is 11.1 Å². The summed E-state index contributed by atoms with van der Waals surface area (Å²) in [5.41, 5.74) is 1.39. The topological polar surface area (TPSA) is 41.9 Å². The average molecular weight is 423 g/mol. The second kappa shape index (κ2) is 6.19. The summed E-state index contributed by atoms with van der Waals surface area (Å²) >= 11 is 3.44. The molecule has 1 aliphatic heterocycles. The molecular formula is C18H14BrF3N4. The fraction of sp³-hybridized carbons (Fsp3) is 0.278. The molecule has 0 spiro atoms. The molecule has 0 amide bonds. The molecule has 0 atom stereocenters. The van der Waals surface area contributed by atoms with Crippen molar-refractivity contribution >= 4 is 32.7 Å². The first kappa shape index (κ1) is 17.2. The molecule has 0 N–H and O–H groups in total. The zero-order valence-electron chi connectivity index (χ0n) is 13.8. The highest BCUT2D eigenvalue weighted by Crippen LogP contribution is 2.33. The van der Waals surface area contributed by atoms with E-state index in [1.165, 1.54) is 6.07 Å². The molecule has 1 aliphatic rings. The van der Waals surface area contributed by atoms with Crippen LogP contribution >= 0.6 is 15.9 Å². The van der Waals surface area contributed by atoms with Crippen LogP contribution in [0.4, 0.5) is 19.0 Å². The van der Waals surface area contributed by atoms with Gasteiger partial charge < -0.3 is 4.90 Å². The summed E-state index contributed by atoms with van der Waals surface area (Å²) in [6, 6.07) is 6.94. The SMILES string of the molecule is Cc1nc(N2CCc3ncc(C(F)(F)F)cc3C2)c2ccc(Br)cc2n1. The molecule has 4 nitrogen and oxygen atoms in total. The summed E-state index contributed by atoms with van der Waals surface area (Å²) in [4.78, 5) is 15.0. The standard InChI is InChI=1S/C18H14BrF3N4/c1-10-24-16-7-13(19)2-3-14(16)17(25-10)26-5-4-15-11(9-26)6-12(8-23-15)18(20,21)22/h2-3,6-8H,4-5,9H2,1H3. The van der Waals surface area contributed by atoms with E-state index in [1.54, 1.807) is 0 Å². The van der Waals surface area contributed by atoms with E-state index in [0.29, 0.717) is 36.6 Å². The highest BCUT2D eigenvalue weighted by atomic mass is 79.9. The number of aromatic nitrogens is 3. The van der Waals surface area contributed by atoms with E-state index < -0.39 is 11.7 Å². The van der Waals surface area contributed by atoms with Gasteiger partial charge in [-0.3, -0.25) is 4.98 Å². The van der Waals surface area contributed by atoms with Crippen LogP contribution in [0.15, 0.2) is 34.9 Å². The number of halogens is 4. The van der Waals surface area contributed by atoms with Crippen molar-refractivity contribution in [2.45, 2.75) is 26.1 Å². The van der Waals surface area contributed by atoms with Gasteiger partial charge in [-0.25, -0.2) is 9.97 Å². The largest absolute Gasteiger partial charge is 0.417 e. The van der Waals surface area contributed by atoms with Crippen molar-refractivity contribution in [1.29, 1.82) is 0 Å². The summed E-state index contributed by atoms with van der Waals surface area (Å²) < 4.78 is 39.9. The van der Waals surface area contributed by atoms with Gasteiger partial charge in [0, 0.05) is 41.3 Å². The van der Waals surface area contributed by atoms with Gasteiger partial charge in [-0.1, -0.05) is 15.9 Å². The number of benzene rings is 1. The second-order valence-electron chi connectivity index (χ2n) is 6.26. The van der Waals surface area contributed by atoms with E-state index in [1.807, 2.05) is 30.0 Å². The fourth-order valence-electron chi connectivity index (χ4n) is 3.20. The van der Waals surface area contributed by atoms with Crippen molar-refractivity contribution in [3.05, 3.63) is 57.6 Å². The van der Waals surface area contributed by atoms with Crippen LogP contribution in [0, 0.1) is 6.92 Å². The Labute approximate surface area is 156 Å². The number of aryl methyl sites for hydroxylation is 1. The van der Waals surface area contributed by atoms with Gasteiger partial charge in [0.25, 0.3) is 0 Å². The lowest BCUT2D eigenvalue weighted by atomic mass is 10.0. The molecule has 3 heterocycles. The van der Waals surface area contributed by atoms with Gasteiger partial charge in [-0.2, -0.15) is 13.2 Å². The first-order valence-electron chi connectivity index (χ1n) is 8.05. The van der Waals surface area contributed by atoms with E-state index in [-0.39, 0.29) is 0 Å². The molecule has 0 saturated carbocycles. The van der Waals surface area contributed by atoms with E-state index in [0.717, 1.165) is 27.4 Å². The van der Waals surface area contributed by atoms with Crippen molar-refractivity contribution in [2.75, 3.05) is 11.4 Å². The highest BCUT2D eigenvalue weighted by Gasteiger charge is 2.32. The molecule has 3 aromatic rings. The van der Waals surface area contributed by atoms with Crippen LogP contribution in [0.2, 0.25) is 0 Å². The zero-order valence-corrected chi connectivity index (χ0v) is 15.4. The van der Waals surface area contributed by atoms with Crippen LogP contribution in [0.1, 0.15) is 22.6 Å². The van der Waals surface area contributed by atoms with Crippen molar-refractivity contribution in [2.24, 2.45) is 0 Å². The van der Waals surface area contributed by atoms with Gasteiger partial charge in [-0.15, -0.1) is 0 Å². The normalized spacial score (nSPS) is 14.6. The molecule has 8 heteroatoms. The number of hydrogen-bond donors (Lipinski definition) is 0. The van der Waals surface area contributed by atoms with E-state index in [2.05, 4.69) is 30.9 Å². The lowest BCUT2D eigenvalue weighted by Crippen LogP contribution is -2.32. The minimum absolute atomic E-state index is 0.341. The molecule has 4 rings (SSSR count). The number of rotatable bonds is 1. The number of pyridine rings is 1. The smallest absolute Gasteiger partial charge is 0.351 e. The zero-order chi connectivity index (χ0) is 18.5. The highest BCUT2D eigenvalue weighted by molar-refractivity contribution is 9.10. The second-order valence-corrected chi connectivity index (χ2v) is 7.17. The van der Waals surface area contributed by atoms with Crippen LogP contribution in [-0.2, 0) is 19.1 Å². The fourth-order valence-corrected chi connectivity index (χ4v) is 3.55. The Bertz CT molecular complexity index is 998. The van der Waals surface area contributed by atoms with E-state index >= 15 is 0 Å². The maximum Gasteiger partial charge on any atom is 0.417 e. The van der Waals surface area contributed by atoms with Gasteiger partial charge in [-0.05, 0) is 36.8 Å². The quantitative estimate of drug-likeness (QED) is 0.570. The van der Waals surface area contributed by atoms with Crippen molar-refractivity contribution in [3.8, 4) is 0 Å². The molecule has 0 aliphatic carbocycles. The van der Waals surface area contributed by atoms with Crippen molar-refractivity contribution in [3.63, 3.8) is 0 Å². The predicted molar refractivity (Wildman–Crippen MR) is 96.0 cm³/mol. The monoisotopic (exact) mass is 422 g/mol. The minimum Gasteiger partial charge on any atom is -0.351 e. The Hall–Kier alpha value is -2.22. The third-order valence-electron chi connectivity index (χ3n) is 4.42.